The van der Waals surface area contributed by atoms with Crippen molar-refractivity contribution in [1.82, 2.24) is 15.5 Å². The fourth-order valence-electron chi connectivity index (χ4n) is 4.53. The lowest BCUT2D eigenvalue weighted by molar-refractivity contribution is -0.134. The second-order valence-corrected chi connectivity index (χ2v) is 8.70. The Labute approximate surface area is 201 Å². The largest absolute Gasteiger partial charge is 0.477 e. The molecule has 1 fully saturated rings. The first-order valence-corrected chi connectivity index (χ1v) is 11.2. The number of imide groups is 1. The highest BCUT2D eigenvalue weighted by atomic mass is 16.5. The van der Waals surface area contributed by atoms with E-state index in [-0.39, 0.29) is 12.5 Å². The molecule has 178 valence electrons. The number of para-hydroxylation sites is 2. The fourth-order valence-corrected chi connectivity index (χ4v) is 4.53. The normalized spacial score (nSPS) is 21.4. The minimum atomic E-state index is -1.31. The van der Waals surface area contributed by atoms with Crippen LogP contribution in [0.1, 0.15) is 12.5 Å². The van der Waals surface area contributed by atoms with Crippen molar-refractivity contribution in [3.05, 3.63) is 72.3 Å². The average Bonchev–Trinajstić information content (AvgIpc) is 3.10. The maximum atomic E-state index is 13.4. The predicted molar refractivity (Wildman–Crippen MR) is 129 cm³/mol. The van der Waals surface area contributed by atoms with Gasteiger partial charge < -0.3 is 20.3 Å². The molecule has 2 heterocycles. The molecule has 1 saturated heterocycles. The summed E-state index contributed by atoms with van der Waals surface area (Å²) in [5.41, 5.74) is -0.211. The van der Waals surface area contributed by atoms with Crippen molar-refractivity contribution in [2.75, 3.05) is 25.0 Å². The zero-order valence-electron chi connectivity index (χ0n) is 19.3. The van der Waals surface area contributed by atoms with E-state index in [9.17, 15) is 19.2 Å². The van der Waals surface area contributed by atoms with E-state index in [1.54, 1.807) is 37.3 Å². The summed E-state index contributed by atoms with van der Waals surface area (Å²) >= 11 is 0. The molecule has 3 aromatic rings. The van der Waals surface area contributed by atoms with Crippen LogP contribution < -0.4 is 20.3 Å². The zero-order chi connectivity index (χ0) is 24.7. The predicted octanol–water partition coefficient (Wildman–Crippen LogP) is 2.15. The first kappa shape index (κ1) is 22.4. The Kier molecular flexibility index (Phi) is 5.39. The van der Waals surface area contributed by atoms with Gasteiger partial charge in [0.05, 0.1) is 12.2 Å². The van der Waals surface area contributed by atoms with Crippen LogP contribution in [0.15, 0.2) is 66.7 Å². The number of fused-ring (bicyclic) bond motifs is 2. The van der Waals surface area contributed by atoms with Gasteiger partial charge in [0.15, 0.2) is 6.10 Å². The number of ether oxygens (including phenoxy) is 1. The van der Waals surface area contributed by atoms with Crippen molar-refractivity contribution in [2.24, 2.45) is 0 Å². The Morgan fingerprint density at radius 1 is 1.06 bits per heavy atom. The van der Waals surface area contributed by atoms with Gasteiger partial charge in [-0.15, -0.1) is 0 Å². The Balaban J connectivity index is 1.41. The van der Waals surface area contributed by atoms with Crippen LogP contribution >= 0.6 is 0 Å². The van der Waals surface area contributed by atoms with Crippen LogP contribution in [0.2, 0.25) is 0 Å². The van der Waals surface area contributed by atoms with Crippen LogP contribution in [0.4, 0.5) is 10.5 Å². The SMILES string of the molecule is CNC(=O)[C@H]1CN(C(=O)CN2C(=O)N[C@@](C)(c3ccc4ccccc4c3)C2=O)c2ccccc2O1. The van der Waals surface area contributed by atoms with Crippen LogP contribution in [-0.4, -0.2) is 54.9 Å². The Bertz CT molecular complexity index is 1370. The van der Waals surface area contributed by atoms with Crippen molar-refractivity contribution in [1.29, 1.82) is 0 Å². The molecule has 9 nitrogen and oxygen atoms in total. The average molecular weight is 473 g/mol. The third-order valence-electron chi connectivity index (χ3n) is 6.51. The molecule has 0 saturated carbocycles. The molecular formula is C26H24N4O5. The van der Waals surface area contributed by atoms with Gasteiger partial charge in [-0.2, -0.15) is 0 Å². The first-order chi connectivity index (χ1) is 16.8. The second-order valence-electron chi connectivity index (χ2n) is 8.70. The summed E-state index contributed by atoms with van der Waals surface area (Å²) in [6, 6.07) is 19.5. The highest BCUT2D eigenvalue weighted by Gasteiger charge is 2.50. The van der Waals surface area contributed by atoms with Crippen LogP contribution in [0.5, 0.6) is 5.75 Å². The molecular weight excluding hydrogens is 448 g/mol. The molecule has 2 atom stereocenters. The number of hydrogen-bond acceptors (Lipinski definition) is 5. The monoisotopic (exact) mass is 472 g/mol. The number of amides is 5. The highest BCUT2D eigenvalue weighted by Crippen LogP contribution is 2.34. The second kappa shape index (κ2) is 8.43. The van der Waals surface area contributed by atoms with E-state index >= 15 is 0 Å². The van der Waals surface area contributed by atoms with Gasteiger partial charge in [-0.3, -0.25) is 19.3 Å². The topological polar surface area (TPSA) is 108 Å². The van der Waals surface area contributed by atoms with Gasteiger partial charge in [-0.05, 0) is 41.5 Å². The lowest BCUT2D eigenvalue weighted by atomic mass is 9.90. The smallest absolute Gasteiger partial charge is 0.325 e. The van der Waals surface area contributed by atoms with Crippen molar-refractivity contribution >= 4 is 40.2 Å². The molecule has 5 amide bonds. The van der Waals surface area contributed by atoms with Gasteiger partial charge in [-0.25, -0.2) is 4.79 Å². The van der Waals surface area contributed by atoms with E-state index < -0.39 is 36.0 Å². The molecule has 2 aliphatic heterocycles. The summed E-state index contributed by atoms with van der Waals surface area (Å²) in [4.78, 5) is 54.2. The van der Waals surface area contributed by atoms with E-state index in [4.69, 9.17) is 4.74 Å². The zero-order valence-corrected chi connectivity index (χ0v) is 19.3. The fraction of sp³-hybridized carbons (Fsp3) is 0.231. The van der Waals surface area contributed by atoms with E-state index in [2.05, 4.69) is 10.6 Å². The summed E-state index contributed by atoms with van der Waals surface area (Å²) < 4.78 is 5.74. The first-order valence-electron chi connectivity index (χ1n) is 11.2. The number of urea groups is 1. The van der Waals surface area contributed by atoms with Crippen molar-refractivity contribution in [3.63, 3.8) is 0 Å². The van der Waals surface area contributed by atoms with Gasteiger partial charge in [0.25, 0.3) is 11.8 Å². The summed E-state index contributed by atoms with van der Waals surface area (Å²) in [5, 5.41) is 7.23. The number of carbonyl (C=O) groups excluding carboxylic acids is 4. The lowest BCUT2D eigenvalue weighted by Gasteiger charge is -2.34. The number of benzene rings is 3. The molecule has 35 heavy (non-hydrogen) atoms. The number of nitrogens with one attached hydrogen (secondary N) is 2. The summed E-state index contributed by atoms with van der Waals surface area (Å²) in [6.07, 6.45) is -0.912. The van der Waals surface area contributed by atoms with Crippen molar-refractivity contribution < 1.29 is 23.9 Å². The molecule has 0 radical (unpaired) electrons. The standard InChI is InChI=1S/C26H24N4O5/c1-26(18-12-11-16-7-3-4-8-17(16)13-18)24(33)30(25(34)28-26)15-22(31)29-14-21(23(32)27-2)35-20-10-6-5-9-19(20)29/h3-13,21H,14-15H2,1-2H3,(H,27,32)(H,28,34)/t21-,26+/m1/s1. The molecule has 2 N–H and O–H groups in total. The minimum absolute atomic E-state index is 0.0406. The van der Waals surface area contributed by atoms with Gasteiger partial charge >= 0.3 is 6.03 Å². The van der Waals surface area contributed by atoms with Gasteiger partial charge in [0.1, 0.15) is 17.8 Å². The Hall–Kier alpha value is -4.40. The molecule has 0 aliphatic carbocycles. The molecule has 2 aliphatic rings. The van der Waals surface area contributed by atoms with Gasteiger partial charge in [-0.1, -0.05) is 48.5 Å². The van der Waals surface area contributed by atoms with E-state index in [0.29, 0.717) is 17.0 Å². The summed E-state index contributed by atoms with van der Waals surface area (Å²) in [5.74, 6) is -1.02. The third kappa shape index (κ3) is 3.74. The molecule has 9 heteroatoms. The molecule has 0 bridgehead atoms. The van der Waals surface area contributed by atoms with Gasteiger partial charge in [0.2, 0.25) is 5.91 Å². The van der Waals surface area contributed by atoms with Gasteiger partial charge in [0, 0.05) is 7.05 Å². The maximum Gasteiger partial charge on any atom is 0.325 e. The molecule has 5 rings (SSSR count). The number of rotatable bonds is 4. The number of anilines is 1. The highest BCUT2D eigenvalue weighted by molar-refractivity contribution is 6.11. The quantitative estimate of drug-likeness (QED) is 0.566. The summed E-state index contributed by atoms with van der Waals surface area (Å²) in [6.45, 7) is 1.12. The molecule has 0 aromatic heterocycles. The van der Waals surface area contributed by atoms with Crippen molar-refractivity contribution in [3.8, 4) is 5.75 Å². The number of hydrogen-bond donors (Lipinski definition) is 2. The maximum absolute atomic E-state index is 13.4. The number of carbonyl (C=O) groups is 4. The van der Waals surface area contributed by atoms with Crippen LogP contribution in [0, 0.1) is 0 Å². The van der Waals surface area contributed by atoms with Crippen LogP contribution in [0.25, 0.3) is 10.8 Å². The van der Waals surface area contributed by atoms with E-state index in [0.717, 1.165) is 15.7 Å². The van der Waals surface area contributed by atoms with Crippen LogP contribution in [-0.2, 0) is 19.9 Å². The molecule has 0 spiro atoms. The minimum Gasteiger partial charge on any atom is -0.477 e. The Morgan fingerprint density at radius 3 is 2.54 bits per heavy atom. The van der Waals surface area contributed by atoms with E-state index in [1.807, 2.05) is 36.4 Å². The summed E-state index contributed by atoms with van der Waals surface area (Å²) in [7, 11) is 1.49. The molecule has 0 unspecified atom stereocenters. The Morgan fingerprint density at radius 2 is 1.77 bits per heavy atom. The molecule has 3 aromatic carbocycles. The number of nitrogens with zero attached hydrogens (tertiary/aromatic N) is 2. The van der Waals surface area contributed by atoms with Crippen LogP contribution in [0.3, 0.4) is 0 Å². The third-order valence-corrected chi connectivity index (χ3v) is 6.51. The van der Waals surface area contributed by atoms with Crippen molar-refractivity contribution in [2.45, 2.75) is 18.6 Å². The number of likely N-dealkylation sites (N-methyl/N-ethyl adjacent to an activating group) is 1. The lowest BCUT2D eigenvalue weighted by Crippen LogP contribution is -2.52. The van der Waals surface area contributed by atoms with E-state index in [1.165, 1.54) is 11.9 Å².